The van der Waals surface area contributed by atoms with Gasteiger partial charge in [0.15, 0.2) is 0 Å². The molecule has 2 nitrogen and oxygen atoms in total. The van der Waals surface area contributed by atoms with Crippen LogP contribution >= 0.6 is 0 Å². The lowest BCUT2D eigenvalue weighted by atomic mass is 10.0. The molecule has 0 rings (SSSR count). The van der Waals surface area contributed by atoms with E-state index in [4.69, 9.17) is 0 Å². The second kappa shape index (κ2) is 21.9. The molecule has 0 unspecified atom stereocenters. The number of nitrogens with one attached hydrogen (secondary N) is 1. The Balaban J connectivity index is 2.92. The second-order valence-corrected chi connectivity index (χ2v) is 7.25. The molecule has 0 aromatic rings. The first-order valence-electron chi connectivity index (χ1n) is 10.9. The molecule has 0 atom stereocenters. The van der Waals surface area contributed by atoms with Gasteiger partial charge in [0.25, 0.3) is 0 Å². The molecule has 0 aliphatic rings. The maximum Gasteiger partial charge on any atom is 0.0880 e. The van der Waals surface area contributed by atoms with Gasteiger partial charge in [-0.2, -0.15) is 0 Å². The molecule has 0 heterocycles. The molecule has 0 spiro atoms. The summed E-state index contributed by atoms with van der Waals surface area (Å²) in [4.78, 5) is 0. The van der Waals surface area contributed by atoms with Crippen molar-refractivity contribution in [3.8, 4) is 0 Å². The minimum atomic E-state index is 1.16. The molecule has 0 saturated carbocycles. The van der Waals surface area contributed by atoms with E-state index in [9.17, 15) is 0 Å². The molecule has 0 aromatic heterocycles. The number of quaternary nitrogens is 1. The van der Waals surface area contributed by atoms with Gasteiger partial charge in [-0.05, 0) is 13.0 Å². The Morgan fingerprint density at radius 3 is 1.30 bits per heavy atom. The summed E-state index contributed by atoms with van der Waals surface area (Å²) in [6.45, 7) is 5.88. The van der Waals surface area contributed by atoms with E-state index in [0.717, 1.165) is 6.54 Å². The standard InChI is InChI=1S/C21H46N2/c1-3-4-5-6-7-8-9-10-11-12-13-14-15-16-17-18-19-23-21-20-22-2/h22-23H,3-21H2,1-2H3/p+1. The number of nitrogens with two attached hydrogens (primary N) is 1. The Labute approximate surface area is 147 Å². The minimum Gasteiger partial charge on any atom is -0.348 e. The predicted molar refractivity (Wildman–Crippen MR) is 105 cm³/mol. The molecule has 0 radical (unpaired) electrons. The minimum absolute atomic E-state index is 1.16. The highest BCUT2D eigenvalue weighted by molar-refractivity contribution is 4.51. The monoisotopic (exact) mass is 327 g/mol. The first-order chi connectivity index (χ1) is 11.4. The van der Waals surface area contributed by atoms with Crippen molar-refractivity contribution in [1.29, 1.82) is 0 Å². The summed E-state index contributed by atoms with van der Waals surface area (Å²) in [5.74, 6) is 0. The predicted octanol–water partition coefficient (Wildman–Crippen LogP) is 5.03. The van der Waals surface area contributed by atoms with Crippen molar-refractivity contribution in [2.75, 3.05) is 26.7 Å². The van der Waals surface area contributed by atoms with Gasteiger partial charge in [0.2, 0.25) is 0 Å². The van der Waals surface area contributed by atoms with E-state index in [2.05, 4.69) is 24.6 Å². The van der Waals surface area contributed by atoms with Gasteiger partial charge in [0.05, 0.1) is 13.6 Å². The average Bonchev–Trinajstić information content (AvgIpc) is 2.57. The van der Waals surface area contributed by atoms with Gasteiger partial charge in [-0.1, -0.05) is 103 Å². The zero-order chi connectivity index (χ0) is 16.8. The number of hydrogen-bond donors (Lipinski definition) is 2. The van der Waals surface area contributed by atoms with E-state index in [1.54, 1.807) is 0 Å². The fourth-order valence-electron chi connectivity index (χ4n) is 3.17. The van der Waals surface area contributed by atoms with Crippen LogP contribution in [0.3, 0.4) is 0 Å². The third kappa shape index (κ3) is 21.9. The van der Waals surface area contributed by atoms with E-state index in [1.807, 2.05) is 0 Å². The summed E-state index contributed by atoms with van der Waals surface area (Å²) in [5.41, 5.74) is 0. The van der Waals surface area contributed by atoms with Crippen LogP contribution in [0.15, 0.2) is 0 Å². The van der Waals surface area contributed by atoms with Crippen molar-refractivity contribution in [3.63, 3.8) is 0 Å². The quantitative estimate of drug-likeness (QED) is 0.302. The van der Waals surface area contributed by atoms with Crippen molar-refractivity contribution in [2.45, 2.75) is 110 Å². The molecular formula is C21H47N2+. The summed E-state index contributed by atoms with van der Waals surface area (Å²) >= 11 is 0. The van der Waals surface area contributed by atoms with Crippen molar-refractivity contribution < 1.29 is 5.32 Å². The van der Waals surface area contributed by atoms with Gasteiger partial charge in [-0.25, -0.2) is 0 Å². The number of unbranched alkanes of at least 4 members (excludes halogenated alkanes) is 15. The van der Waals surface area contributed by atoms with Crippen LogP contribution in [0, 0.1) is 0 Å². The molecule has 2 heteroatoms. The highest BCUT2D eigenvalue weighted by Crippen LogP contribution is 2.13. The Hall–Kier alpha value is -0.0800. The summed E-state index contributed by atoms with van der Waals surface area (Å²) < 4.78 is 0. The van der Waals surface area contributed by atoms with Crippen molar-refractivity contribution in [1.82, 2.24) is 5.32 Å². The van der Waals surface area contributed by atoms with E-state index in [1.165, 1.54) is 116 Å². The van der Waals surface area contributed by atoms with Crippen molar-refractivity contribution >= 4 is 0 Å². The third-order valence-corrected chi connectivity index (χ3v) is 4.82. The molecule has 0 saturated heterocycles. The molecule has 0 fully saturated rings. The fraction of sp³-hybridized carbons (Fsp3) is 1.00. The Bertz CT molecular complexity index is 174. The molecule has 0 aromatic carbocycles. The SMILES string of the molecule is CCCCCCCCCCCCCCCCCCNCC[NH2+]C. The van der Waals surface area contributed by atoms with Crippen LogP contribution in [0.1, 0.15) is 110 Å². The molecular weight excluding hydrogens is 280 g/mol. The van der Waals surface area contributed by atoms with Gasteiger partial charge >= 0.3 is 0 Å². The lowest BCUT2D eigenvalue weighted by Crippen LogP contribution is -2.81. The van der Waals surface area contributed by atoms with Crippen LogP contribution in [-0.2, 0) is 0 Å². The van der Waals surface area contributed by atoms with Gasteiger partial charge < -0.3 is 10.6 Å². The topological polar surface area (TPSA) is 28.6 Å². The smallest absolute Gasteiger partial charge is 0.0880 e. The number of hydrogen-bond acceptors (Lipinski definition) is 1. The summed E-state index contributed by atoms with van der Waals surface area (Å²) in [6.07, 6.45) is 23.2. The van der Waals surface area contributed by atoms with E-state index >= 15 is 0 Å². The Morgan fingerprint density at radius 1 is 0.522 bits per heavy atom. The van der Waals surface area contributed by atoms with Gasteiger partial charge in [-0.15, -0.1) is 0 Å². The zero-order valence-electron chi connectivity index (χ0n) is 16.5. The molecule has 0 aliphatic carbocycles. The largest absolute Gasteiger partial charge is 0.348 e. The maximum atomic E-state index is 3.50. The van der Waals surface area contributed by atoms with Gasteiger partial charge in [-0.3, -0.25) is 0 Å². The van der Waals surface area contributed by atoms with Crippen molar-refractivity contribution in [3.05, 3.63) is 0 Å². The summed E-state index contributed by atoms with van der Waals surface area (Å²) in [7, 11) is 2.14. The lowest BCUT2D eigenvalue weighted by Gasteiger charge is -2.04. The fourth-order valence-corrected chi connectivity index (χ4v) is 3.17. The summed E-state index contributed by atoms with van der Waals surface area (Å²) in [5, 5.41) is 5.74. The summed E-state index contributed by atoms with van der Waals surface area (Å²) in [6, 6.07) is 0. The zero-order valence-corrected chi connectivity index (χ0v) is 16.5. The van der Waals surface area contributed by atoms with Crippen molar-refractivity contribution in [2.24, 2.45) is 0 Å². The van der Waals surface area contributed by atoms with E-state index < -0.39 is 0 Å². The average molecular weight is 328 g/mol. The Morgan fingerprint density at radius 2 is 0.913 bits per heavy atom. The van der Waals surface area contributed by atoms with Crippen LogP contribution in [-0.4, -0.2) is 26.7 Å². The van der Waals surface area contributed by atoms with E-state index in [0.29, 0.717) is 0 Å². The molecule has 0 aliphatic heterocycles. The number of rotatable bonds is 20. The highest BCUT2D eigenvalue weighted by atomic mass is 14.9. The van der Waals surface area contributed by atoms with Crippen LogP contribution in [0.4, 0.5) is 0 Å². The first kappa shape index (κ1) is 22.9. The maximum absolute atomic E-state index is 3.50. The molecule has 0 amide bonds. The molecule has 23 heavy (non-hydrogen) atoms. The second-order valence-electron chi connectivity index (χ2n) is 7.25. The Kier molecular flexibility index (Phi) is 21.8. The van der Waals surface area contributed by atoms with E-state index in [-0.39, 0.29) is 0 Å². The lowest BCUT2D eigenvalue weighted by molar-refractivity contribution is -0.625. The van der Waals surface area contributed by atoms with Crippen LogP contribution < -0.4 is 10.6 Å². The number of likely N-dealkylation sites (N-methyl/N-ethyl adjacent to an activating group) is 1. The molecule has 0 bridgehead atoms. The van der Waals surface area contributed by atoms with Crippen LogP contribution in [0.25, 0.3) is 0 Å². The molecule has 3 N–H and O–H groups in total. The first-order valence-corrected chi connectivity index (χ1v) is 10.9. The highest BCUT2D eigenvalue weighted by Gasteiger charge is 1.94. The normalized spacial score (nSPS) is 11.2. The third-order valence-electron chi connectivity index (χ3n) is 4.82. The molecule has 140 valence electrons. The van der Waals surface area contributed by atoms with Gasteiger partial charge in [0, 0.05) is 6.54 Å². The van der Waals surface area contributed by atoms with Crippen LogP contribution in [0.2, 0.25) is 0 Å². The van der Waals surface area contributed by atoms with Crippen LogP contribution in [0.5, 0.6) is 0 Å². The van der Waals surface area contributed by atoms with Gasteiger partial charge in [0.1, 0.15) is 0 Å².